The Hall–Kier alpha value is -1.77. The Labute approximate surface area is 145 Å². The maximum atomic E-state index is 11.7. The van der Waals surface area contributed by atoms with E-state index in [9.17, 15) is 9.90 Å². The van der Waals surface area contributed by atoms with Gasteiger partial charge in [0.2, 0.25) is 0 Å². The highest BCUT2D eigenvalue weighted by molar-refractivity contribution is 6.36. The number of hydrogen-bond acceptors (Lipinski definition) is 1. The van der Waals surface area contributed by atoms with Crippen LogP contribution >= 0.6 is 23.2 Å². The van der Waals surface area contributed by atoms with Gasteiger partial charge >= 0.3 is 5.97 Å². The van der Waals surface area contributed by atoms with E-state index in [1.54, 1.807) is 24.3 Å². The molecule has 0 heterocycles. The van der Waals surface area contributed by atoms with Crippen LogP contribution in [0.15, 0.2) is 36.4 Å². The number of hydrogen-bond donors (Lipinski definition) is 1. The van der Waals surface area contributed by atoms with Gasteiger partial charge in [0.15, 0.2) is 0 Å². The Morgan fingerprint density at radius 1 is 1.00 bits per heavy atom. The molecule has 0 bridgehead atoms. The topological polar surface area (TPSA) is 37.3 Å². The molecule has 0 amide bonds. The summed E-state index contributed by atoms with van der Waals surface area (Å²) in [6.07, 6.45) is 6.05. The lowest BCUT2D eigenvalue weighted by Crippen LogP contribution is -2.05. The molecule has 0 fully saturated rings. The Morgan fingerprint density at radius 3 is 2.43 bits per heavy atom. The molecule has 0 radical (unpaired) electrons. The lowest BCUT2D eigenvalue weighted by atomic mass is 9.89. The molecule has 2 aromatic carbocycles. The summed E-state index contributed by atoms with van der Waals surface area (Å²) < 4.78 is 0. The molecule has 23 heavy (non-hydrogen) atoms. The highest BCUT2D eigenvalue weighted by Gasteiger charge is 2.15. The van der Waals surface area contributed by atoms with Crippen LogP contribution in [0.3, 0.4) is 0 Å². The summed E-state index contributed by atoms with van der Waals surface area (Å²) in [5, 5.41) is 10.6. The van der Waals surface area contributed by atoms with Crippen molar-refractivity contribution < 1.29 is 9.90 Å². The van der Waals surface area contributed by atoms with E-state index in [2.05, 4.69) is 0 Å². The van der Waals surface area contributed by atoms with E-state index in [0.717, 1.165) is 19.3 Å². The second-order valence-electron chi connectivity index (χ2n) is 5.72. The highest BCUT2D eigenvalue weighted by atomic mass is 35.5. The number of carbonyl (C=O) groups is 1. The Kier molecular flexibility index (Phi) is 4.74. The van der Waals surface area contributed by atoms with Gasteiger partial charge in [-0.15, -0.1) is 0 Å². The fourth-order valence-electron chi connectivity index (χ4n) is 2.94. The molecular formula is C19H16Cl2O2. The minimum Gasteiger partial charge on any atom is -0.478 e. The van der Waals surface area contributed by atoms with Crippen LogP contribution in [0, 0.1) is 0 Å². The molecule has 0 atom stereocenters. The largest absolute Gasteiger partial charge is 0.478 e. The fraction of sp³-hybridized carbons (Fsp3) is 0.211. The standard InChI is InChI=1S/C19H16Cl2O2/c20-16-8-7-15(18(21)11-16)10-17(19(22)23)14-6-5-12-3-1-2-4-13(12)9-14/h5-11H,1-4H2,(H,22,23)/b17-10-. The summed E-state index contributed by atoms with van der Waals surface area (Å²) in [7, 11) is 0. The molecule has 2 nitrogen and oxygen atoms in total. The quantitative estimate of drug-likeness (QED) is 0.588. The number of rotatable bonds is 3. The first-order valence-electron chi connectivity index (χ1n) is 7.57. The third kappa shape index (κ3) is 3.60. The Bertz CT molecular complexity index is 794. The Morgan fingerprint density at radius 2 is 1.74 bits per heavy atom. The van der Waals surface area contributed by atoms with Gasteiger partial charge in [0.25, 0.3) is 0 Å². The number of aliphatic carboxylic acids is 1. The molecule has 0 aromatic heterocycles. The number of carboxylic acids is 1. The van der Waals surface area contributed by atoms with Crippen molar-refractivity contribution >= 4 is 40.8 Å². The second-order valence-corrected chi connectivity index (χ2v) is 6.56. The van der Waals surface area contributed by atoms with E-state index in [-0.39, 0.29) is 5.57 Å². The molecule has 0 aliphatic heterocycles. The van der Waals surface area contributed by atoms with Gasteiger partial charge in [0.05, 0.1) is 5.57 Å². The fourth-order valence-corrected chi connectivity index (χ4v) is 3.41. The third-order valence-electron chi connectivity index (χ3n) is 4.15. The molecule has 0 saturated heterocycles. The maximum Gasteiger partial charge on any atom is 0.336 e. The van der Waals surface area contributed by atoms with Crippen molar-refractivity contribution in [3.05, 3.63) is 68.7 Å². The molecule has 3 rings (SSSR count). The first-order valence-corrected chi connectivity index (χ1v) is 8.32. The van der Waals surface area contributed by atoms with Crippen LogP contribution in [0.5, 0.6) is 0 Å². The molecule has 4 heteroatoms. The van der Waals surface area contributed by atoms with Gasteiger partial charge < -0.3 is 5.11 Å². The average Bonchev–Trinajstić information content (AvgIpc) is 2.53. The number of fused-ring (bicyclic) bond motifs is 1. The van der Waals surface area contributed by atoms with E-state index in [1.165, 1.54) is 17.5 Å². The van der Waals surface area contributed by atoms with Crippen molar-refractivity contribution in [2.75, 3.05) is 0 Å². The molecule has 2 aromatic rings. The maximum absolute atomic E-state index is 11.7. The van der Waals surface area contributed by atoms with Crippen LogP contribution < -0.4 is 0 Å². The minimum atomic E-state index is -0.966. The predicted molar refractivity (Wildman–Crippen MR) is 95.1 cm³/mol. The third-order valence-corrected chi connectivity index (χ3v) is 4.71. The summed E-state index contributed by atoms with van der Waals surface area (Å²) >= 11 is 12.1. The van der Waals surface area contributed by atoms with E-state index in [1.807, 2.05) is 18.2 Å². The molecule has 0 spiro atoms. The Balaban J connectivity index is 2.05. The van der Waals surface area contributed by atoms with Gasteiger partial charge in [-0.05, 0) is 66.1 Å². The van der Waals surface area contributed by atoms with Crippen LogP contribution in [0.25, 0.3) is 11.6 Å². The average molecular weight is 347 g/mol. The van der Waals surface area contributed by atoms with Crippen molar-refractivity contribution in [3.8, 4) is 0 Å². The summed E-state index contributed by atoms with van der Waals surface area (Å²) in [5.41, 5.74) is 4.18. The van der Waals surface area contributed by atoms with Gasteiger partial charge in [-0.25, -0.2) is 4.79 Å². The zero-order chi connectivity index (χ0) is 16.4. The van der Waals surface area contributed by atoms with Gasteiger partial charge in [-0.2, -0.15) is 0 Å². The minimum absolute atomic E-state index is 0.239. The van der Waals surface area contributed by atoms with E-state index in [4.69, 9.17) is 23.2 Å². The summed E-state index contributed by atoms with van der Waals surface area (Å²) in [6, 6.07) is 11.0. The number of carboxylic acid groups (broad SMARTS) is 1. The lowest BCUT2D eigenvalue weighted by molar-refractivity contribution is -0.130. The second kappa shape index (κ2) is 6.77. The van der Waals surface area contributed by atoms with Crippen LogP contribution in [-0.2, 0) is 17.6 Å². The van der Waals surface area contributed by atoms with Crippen molar-refractivity contribution in [2.24, 2.45) is 0 Å². The van der Waals surface area contributed by atoms with Gasteiger partial charge in [-0.3, -0.25) is 0 Å². The highest BCUT2D eigenvalue weighted by Crippen LogP contribution is 2.29. The summed E-state index contributed by atoms with van der Waals surface area (Å²) in [6.45, 7) is 0. The number of benzene rings is 2. The number of aryl methyl sites for hydroxylation is 2. The smallest absolute Gasteiger partial charge is 0.336 e. The SMILES string of the molecule is O=C(O)/C(=C\c1ccc(Cl)cc1Cl)c1ccc2c(c1)CCCC2. The van der Waals surface area contributed by atoms with Crippen LogP contribution in [0.4, 0.5) is 0 Å². The van der Waals surface area contributed by atoms with E-state index >= 15 is 0 Å². The first-order chi connectivity index (χ1) is 11.0. The van der Waals surface area contributed by atoms with Crippen molar-refractivity contribution in [1.29, 1.82) is 0 Å². The van der Waals surface area contributed by atoms with E-state index < -0.39 is 5.97 Å². The van der Waals surface area contributed by atoms with Gasteiger partial charge in [0, 0.05) is 10.0 Å². The molecular weight excluding hydrogens is 331 g/mol. The van der Waals surface area contributed by atoms with Gasteiger partial charge in [0.1, 0.15) is 0 Å². The zero-order valence-electron chi connectivity index (χ0n) is 12.5. The predicted octanol–water partition coefficient (Wildman–Crippen LogP) is 5.50. The lowest BCUT2D eigenvalue weighted by Gasteiger charge is -2.17. The van der Waals surface area contributed by atoms with Crippen LogP contribution in [-0.4, -0.2) is 11.1 Å². The number of halogens is 2. The molecule has 0 saturated carbocycles. The van der Waals surface area contributed by atoms with E-state index in [0.29, 0.717) is 21.2 Å². The van der Waals surface area contributed by atoms with Crippen molar-refractivity contribution in [3.63, 3.8) is 0 Å². The summed E-state index contributed by atoms with van der Waals surface area (Å²) in [5.74, 6) is -0.966. The van der Waals surface area contributed by atoms with Crippen molar-refractivity contribution in [1.82, 2.24) is 0 Å². The molecule has 118 valence electrons. The van der Waals surface area contributed by atoms with Crippen LogP contribution in [0.1, 0.15) is 35.1 Å². The monoisotopic (exact) mass is 346 g/mol. The normalized spacial score (nSPS) is 14.4. The summed E-state index contributed by atoms with van der Waals surface area (Å²) in [4.78, 5) is 11.7. The van der Waals surface area contributed by atoms with Crippen molar-refractivity contribution in [2.45, 2.75) is 25.7 Å². The first kappa shape index (κ1) is 16.1. The molecule has 1 N–H and O–H groups in total. The van der Waals surface area contributed by atoms with Gasteiger partial charge in [-0.1, -0.05) is 47.5 Å². The zero-order valence-corrected chi connectivity index (χ0v) is 14.0. The van der Waals surface area contributed by atoms with Crippen LogP contribution in [0.2, 0.25) is 10.0 Å². The molecule has 1 aliphatic rings. The molecule has 0 unspecified atom stereocenters. The molecule has 1 aliphatic carbocycles.